The zero-order valence-electron chi connectivity index (χ0n) is 16.0. The minimum absolute atomic E-state index is 0.303. The monoisotopic (exact) mass is 360 g/mol. The average Bonchev–Trinajstić information content (AvgIpc) is 3.10. The molecule has 1 aliphatic rings. The third-order valence-electron chi connectivity index (χ3n) is 4.64. The molecule has 1 aromatic carbocycles. The molecule has 1 heterocycles. The second kappa shape index (κ2) is 11.4. The SMILES string of the molecule is CCC(CCNC(=NC)NCCCOc1ccccc1)N1CCCC1=O. The van der Waals surface area contributed by atoms with Gasteiger partial charge in [0, 0.05) is 39.1 Å². The minimum Gasteiger partial charge on any atom is -0.494 e. The van der Waals surface area contributed by atoms with Crippen molar-refractivity contribution in [3.8, 4) is 5.75 Å². The fourth-order valence-electron chi connectivity index (χ4n) is 3.20. The van der Waals surface area contributed by atoms with Crippen LogP contribution in [0.3, 0.4) is 0 Å². The molecular weight excluding hydrogens is 328 g/mol. The Morgan fingerprint density at radius 2 is 2.04 bits per heavy atom. The van der Waals surface area contributed by atoms with Gasteiger partial charge in [-0.2, -0.15) is 0 Å². The van der Waals surface area contributed by atoms with Crippen LogP contribution >= 0.6 is 0 Å². The molecule has 1 aromatic rings. The van der Waals surface area contributed by atoms with Crippen molar-refractivity contribution in [2.24, 2.45) is 4.99 Å². The van der Waals surface area contributed by atoms with Gasteiger partial charge in [0.2, 0.25) is 5.91 Å². The molecule has 0 bridgehead atoms. The molecule has 26 heavy (non-hydrogen) atoms. The summed E-state index contributed by atoms with van der Waals surface area (Å²) < 4.78 is 5.68. The van der Waals surface area contributed by atoms with Crippen molar-refractivity contribution >= 4 is 11.9 Å². The van der Waals surface area contributed by atoms with E-state index in [0.29, 0.717) is 25.0 Å². The van der Waals surface area contributed by atoms with Crippen molar-refractivity contribution in [3.63, 3.8) is 0 Å². The van der Waals surface area contributed by atoms with Crippen LogP contribution in [0.2, 0.25) is 0 Å². The highest BCUT2D eigenvalue weighted by atomic mass is 16.5. The normalized spacial score (nSPS) is 15.8. The molecule has 1 amide bonds. The van der Waals surface area contributed by atoms with Gasteiger partial charge in [-0.25, -0.2) is 0 Å². The van der Waals surface area contributed by atoms with Crippen LogP contribution in [0.15, 0.2) is 35.3 Å². The van der Waals surface area contributed by atoms with E-state index < -0.39 is 0 Å². The van der Waals surface area contributed by atoms with Crippen LogP contribution in [0.1, 0.15) is 39.0 Å². The number of para-hydroxylation sites is 1. The molecule has 2 rings (SSSR count). The van der Waals surface area contributed by atoms with Gasteiger partial charge in [-0.1, -0.05) is 25.1 Å². The lowest BCUT2D eigenvalue weighted by Gasteiger charge is -2.27. The molecule has 0 aromatic heterocycles. The zero-order valence-corrected chi connectivity index (χ0v) is 16.0. The number of benzene rings is 1. The first-order chi connectivity index (χ1) is 12.7. The largest absolute Gasteiger partial charge is 0.494 e. The third kappa shape index (κ3) is 6.58. The maximum absolute atomic E-state index is 11.9. The van der Waals surface area contributed by atoms with Gasteiger partial charge in [0.1, 0.15) is 5.75 Å². The lowest BCUT2D eigenvalue weighted by atomic mass is 10.1. The molecule has 0 radical (unpaired) electrons. The van der Waals surface area contributed by atoms with E-state index in [1.54, 1.807) is 7.05 Å². The summed E-state index contributed by atoms with van der Waals surface area (Å²) >= 11 is 0. The molecule has 144 valence electrons. The van der Waals surface area contributed by atoms with E-state index in [2.05, 4.69) is 22.5 Å². The minimum atomic E-state index is 0.303. The quantitative estimate of drug-likeness (QED) is 0.382. The summed E-state index contributed by atoms with van der Waals surface area (Å²) in [4.78, 5) is 18.2. The number of rotatable bonds is 10. The first kappa shape index (κ1) is 20.1. The maximum Gasteiger partial charge on any atom is 0.222 e. The summed E-state index contributed by atoms with van der Waals surface area (Å²) in [6.07, 6.45) is 4.54. The van der Waals surface area contributed by atoms with Crippen LogP contribution < -0.4 is 15.4 Å². The second-order valence-corrected chi connectivity index (χ2v) is 6.48. The zero-order chi connectivity index (χ0) is 18.6. The van der Waals surface area contributed by atoms with Gasteiger partial charge in [-0.05, 0) is 37.8 Å². The molecular formula is C20H32N4O2. The first-order valence-corrected chi connectivity index (χ1v) is 9.66. The van der Waals surface area contributed by atoms with E-state index >= 15 is 0 Å². The predicted octanol–water partition coefficient (Wildman–Crippen LogP) is 2.41. The Morgan fingerprint density at radius 3 is 2.69 bits per heavy atom. The van der Waals surface area contributed by atoms with Crippen molar-refractivity contribution < 1.29 is 9.53 Å². The Morgan fingerprint density at radius 1 is 1.27 bits per heavy atom. The Kier molecular flexibility index (Phi) is 8.79. The number of hydrogen-bond donors (Lipinski definition) is 2. The number of hydrogen-bond acceptors (Lipinski definition) is 3. The molecule has 1 fully saturated rings. The molecule has 0 aliphatic carbocycles. The summed E-state index contributed by atoms with van der Waals surface area (Å²) in [5.74, 6) is 2.00. The summed E-state index contributed by atoms with van der Waals surface area (Å²) in [5, 5.41) is 6.65. The molecule has 2 N–H and O–H groups in total. The molecule has 1 saturated heterocycles. The van der Waals surface area contributed by atoms with Crippen LogP contribution in [-0.4, -0.2) is 56.1 Å². The fourth-order valence-corrected chi connectivity index (χ4v) is 3.20. The van der Waals surface area contributed by atoms with Crippen LogP contribution in [0, 0.1) is 0 Å². The summed E-state index contributed by atoms with van der Waals surface area (Å²) in [5.41, 5.74) is 0. The van der Waals surface area contributed by atoms with Gasteiger partial charge in [-0.15, -0.1) is 0 Å². The van der Waals surface area contributed by atoms with Gasteiger partial charge >= 0.3 is 0 Å². The number of aliphatic imine (C=N–C) groups is 1. The molecule has 1 atom stereocenters. The third-order valence-corrected chi connectivity index (χ3v) is 4.64. The molecule has 1 unspecified atom stereocenters. The maximum atomic E-state index is 11.9. The van der Waals surface area contributed by atoms with Crippen molar-refractivity contribution in [3.05, 3.63) is 30.3 Å². The van der Waals surface area contributed by atoms with Crippen molar-refractivity contribution in [1.82, 2.24) is 15.5 Å². The molecule has 6 nitrogen and oxygen atoms in total. The van der Waals surface area contributed by atoms with E-state index in [1.165, 1.54) is 0 Å². The number of nitrogens with one attached hydrogen (secondary N) is 2. The van der Waals surface area contributed by atoms with Crippen molar-refractivity contribution in [2.75, 3.05) is 33.3 Å². The van der Waals surface area contributed by atoms with Gasteiger partial charge in [0.15, 0.2) is 5.96 Å². The molecule has 0 saturated carbocycles. The highest BCUT2D eigenvalue weighted by Crippen LogP contribution is 2.17. The number of ether oxygens (including phenoxy) is 1. The van der Waals surface area contributed by atoms with Crippen molar-refractivity contribution in [2.45, 2.75) is 45.1 Å². The number of carbonyl (C=O) groups is 1. The van der Waals surface area contributed by atoms with Gasteiger partial charge in [-0.3, -0.25) is 9.79 Å². The second-order valence-electron chi connectivity index (χ2n) is 6.48. The number of carbonyl (C=O) groups excluding carboxylic acids is 1. The van der Waals surface area contributed by atoms with Gasteiger partial charge < -0.3 is 20.3 Å². The number of nitrogens with zero attached hydrogens (tertiary/aromatic N) is 2. The van der Waals surface area contributed by atoms with E-state index in [0.717, 1.165) is 57.0 Å². The Hall–Kier alpha value is -2.24. The lowest BCUT2D eigenvalue weighted by molar-refractivity contribution is -0.129. The standard InChI is InChI=1S/C20H32N4O2/c1-3-17(24-15-7-11-19(24)25)12-14-23-20(21-2)22-13-8-16-26-18-9-5-4-6-10-18/h4-6,9-10,17H,3,7-8,11-16H2,1-2H3,(H2,21,22,23). The molecule has 0 spiro atoms. The molecule has 6 heteroatoms. The summed E-state index contributed by atoms with van der Waals surface area (Å²) in [6, 6.07) is 10.2. The number of amides is 1. The van der Waals surface area contributed by atoms with E-state index in [1.807, 2.05) is 35.2 Å². The van der Waals surface area contributed by atoms with Crippen LogP contribution in [0.4, 0.5) is 0 Å². The Labute approximate surface area is 157 Å². The number of likely N-dealkylation sites (tertiary alicyclic amines) is 1. The first-order valence-electron chi connectivity index (χ1n) is 9.66. The van der Waals surface area contributed by atoms with E-state index in [-0.39, 0.29) is 0 Å². The highest BCUT2D eigenvalue weighted by molar-refractivity contribution is 5.79. The van der Waals surface area contributed by atoms with Gasteiger partial charge in [0.25, 0.3) is 0 Å². The summed E-state index contributed by atoms with van der Waals surface area (Å²) in [7, 11) is 1.77. The molecule has 1 aliphatic heterocycles. The highest BCUT2D eigenvalue weighted by Gasteiger charge is 2.26. The fraction of sp³-hybridized carbons (Fsp3) is 0.600. The average molecular weight is 361 g/mol. The van der Waals surface area contributed by atoms with E-state index in [9.17, 15) is 4.79 Å². The topological polar surface area (TPSA) is 66.0 Å². The smallest absolute Gasteiger partial charge is 0.222 e. The van der Waals surface area contributed by atoms with E-state index in [4.69, 9.17) is 4.74 Å². The number of guanidine groups is 1. The Balaban J connectivity index is 1.59. The van der Waals surface area contributed by atoms with Crippen LogP contribution in [0.25, 0.3) is 0 Å². The van der Waals surface area contributed by atoms with Crippen LogP contribution in [-0.2, 0) is 4.79 Å². The summed E-state index contributed by atoms with van der Waals surface area (Å²) in [6.45, 7) is 5.33. The van der Waals surface area contributed by atoms with Crippen molar-refractivity contribution in [1.29, 1.82) is 0 Å². The lowest BCUT2D eigenvalue weighted by Crippen LogP contribution is -2.42. The predicted molar refractivity (Wildman–Crippen MR) is 106 cm³/mol. The van der Waals surface area contributed by atoms with Crippen LogP contribution in [0.5, 0.6) is 5.75 Å². The van der Waals surface area contributed by atoms with Gasteiger partial charge in [0.05, 0.1) is 6.61 Å². The Bertz CT molecular complexity index is 562.